The number of nitrogens with zero attached hydrogens (tertiary/aromatic N) is 2. The molecule has 35 heavy (non-hydrogen) atoms. The molecule has 5 nitrogen and oxygen atoms in total. The molecule has 0 spiro atoms. The van der Waals surface area contributed by atoms with Gasteiger partial charge in [0, 0.05) is 49.6 Å². The molecule has 0 saturated carbocycles. The molecule has 2 N–H and O–H groups in total. The minimum Gasteiger partial charge on any atom is -0.351 e. The van der Waals surface area contributed by atoms with E-state index in [1.54, 1.807) is 30.6 Å². The van der Waals surface area contributed by atoms with Crippen LogP contribution in [0.15, 0.2) is 73.1 Å². The summed E-state index contributed by atoms with van der Waals surface area (Å²) in [5.41, 5.74) is 1.39. The minimum atomic E-state index is -4.42. The van der Waals surface area contributed by atoms with Gasteiger partial charge < -0.3 is 10.6 Å². The number of alkyl halides is 3. The minimum absolute atomic E-state index is 0.0649. The van der Waals surface area contributed by atoms with E-state index >= 15 is 0 Å². The van der Waals surface area contributed by atoms with Crippen molar-refractivity contribution in [2.75, 3.05) is 6.54 Å². The van der Waals surface area contributed by atoms with Crippen molar-refractivity contribution >= 4 is 17.5 Å². The van der Waals surface area contributed by atoms with E-state index in [-0.39, 0.29) is 24.1 Å². The van der Waals surface area contributed by atoms with Crippen LogP contribution in [0.25, 0.3) is 0 Å². The highest BCUT2D eigenvalue weighted by molar-refractivity contribution is 6.30. The quantitative estimate of drug-likeness (QED) is 0.464. The van der Waals surface area contributed by atoms with Crippen molar-refractivity contribution in [3.8, 4) is 0 Å². The molecule has 2 aromatic carbocycles. The maximum Gasteiger partial charge on any atom is 0.416 e. The van der Waals surface area contributed by atoms with Gasteiger partial charge in [-0.3, -0.25) is 14.7 Å². The fourth-order valence-electron chi connectivity index (χ4n) is 4.38. The van der Waals surface area contributed by atoms with Crippen LogP contribution in [0.3, 0.4) is 0 Å². The molecule has 0 bridgehead atoms. The van der Waals surface area contributed by atoms with Crippen LogP contribution >= 0.6 is 11.6 Å². The summed E-state index contributed by atoms with van der Waals surface area (Å²) in [4.78, 5) is 19.2. The third-order valence-electron chi connectivity index (χ3n) is 6.07. The van der Waals surface area contributed by atoms with Crippen LogP contribution in [-0.2, 0) is 30.6 Å². The second-order valence-corrected chi connectivity index (χ2v) is 9.06. The number of amides is 1. The van der Waals surface area contributed by atoms with Crippen molar-refractivity contribution in [3.05, 3.63) is 100 Å². The average Bonchev–Trinajstić information content (AvgIpc) is 3.24. The van der Waals surface area contributed by atoms with Crippen molar-refractivity contribution in [2.24, 2.45) is 0 Å². The lowest BCUT2D eigenvalue weighted by Crippen LogP contribution is -2.42. The fourth-order valence-corrected chi connectivity index (χ4v) is 4.60. The number of pyridine rings is 1. The predicted molar refractivity (Wildman–Crippen MR) is 128 cm³/mol. The number of nitrogens with one attached hydrogen (secondary N) is 2. The second kappa shape index (κ2) is 11.2. The highest BCUT2D eigenvalue weighted by atomic mass is 35.5. The van der Waals surface area contributed by atoms with Crippen molar-refractivity contribution in [1.82, 2.24) is 20.5 Å². The fraction of sp³-hybridized carbons (Fsp3) is 0.308. The number of aromatic nitrogens is 1. The summed E-state index contributed by atoms with van der Waals surface area (Å²) in [5.74, 6) is -0.129. The Hall–Kier alpha value is -2.94. The number of likely N-dealkylation sites (tertiary alicyclic amines) is 1. The van der Waals surface area contributed by atoms with Gasteiger partial charge in [0.05, 0.1) is 11.6 Å². The number of benzene rings is 2. The number of hydrogen-bond acceptors (Lipinski definition) is 4. The Kier molecular flexibility index (Phi) is 8.05. The highest BCUT2D eigenvalue weighted by Gasteiger charge is 2.37. The van der Waals surface area contributed by atoms with E-state index in [9.17, 15) is 18.0 Å². The Bertz CT molecular complexity index is 1140. The van der Waals surface area contributed by atoms with Crippen LogP contribution in [0.1, 0.15) is 28.7 Å². The SMILES string of the molecule is O=C(NCc1cccnc1)[C@@H]1C[C@H](NCc2ccccc2C(F)(F)F)CN1Cc1cccc(Cl)c1. The van der Waals surface area contributed by atoms with Crippen molar-refractivity contribution in [1.29, 1.82) is 0 Å². The molecule has 0 unspecified atom stereocenters. The van der Waals surface area contributed by atoms with Crippen LogP contribution in [0, 0.1) is 0 Å². The monoisotopic (exact) mass is 502 g/mol. The summed E-state index contributed by atoms with van der Waals surface area (Å²) in [7, 11) is 0. The lowest BCUT2D eigenvalue weighted by atomic mass is 10.1. The number of carbonyl (C=O) groups is 1. The van der Waals surface area contributed by atoms with Gasteiger partial charge in [0.25, 0.3) is 0 Å². The zero-order chi connectivity index (χ0) is 24.8. The van der Waals surface area contributed by atoms with Gasteiger partial charge in [0.1, 0.15) is 0 Å². The summed E-state index contributed by atoms with van der Waals surface area (Å²) in [6, 6.07) is 16.1. The van der Waals surface area contributed by atoms with Crippen LogP contribution < -0.4 is 10.6 Å². The van der Waals surface area contributed by atoms with E-state index in [1.165, 1.54) is 12.1 Å². The average molecular weight is 503 g/mol. The number of rotatable bonds is 8. The van der Waals surface area contributed by atoms with Gasteiger partial charge >= 0.3 is 6.18 Å². The van der Waals surface area contributed by atoms with E-state index in [1.807, 2.05) is 29.2 Å². The van der Waals surface area contributed by atoms with Gasteiger partial charge in [0.2, 0.25) is 5.91 Å². The largest absolute Gasteiger partial charge is 0.416 e. The molecule has 0 aliphatic carbocycles. The summed E-state index contributed by atoms with van der Waals surface area (Å²) < 4.78 is 40.1. The maximum absolute atomic E-state index is 13.4. The molecule has 1 aliphatic heterocycles. The third-order valence-corrected chi connectivity index (χ3v) is 6.31. The molecule has 4 rings (SSSR count). The second-order valence-electron chi connectivity index (χ2n) is 8.62. The first-order valence-electron chi connectivity index (χ1n) is 11.3. The highest BCUT2D eigenvalue weighted by Crippen LogP contribution is 2.32. The normalized spacial score (nSPS) is 18.5. The standard InChI is InChI=1S/C26H26ClF3N4O/c27-21-8-3-5-18(11-21)16-34-17-22(32-15-20-7-1-2-9-23(20)26(28,29)30)12-24(34)25(35)33-14-19-6-4-10-31-13-19/h1-11,13,22,24,32H,12,14-17H2,(H,33,35)/t22-,24-/m0/s1. The number of carbonyl (C=O) groups excluding carboxylic acids is 1. The molecule has 184 valence electrons. The molecule has 1 fully saturated rings. The first-order valence-corrected chi connectivity index (χ1v) is 11.7. The lowest BCUT2D eigenvalue weighted by molar-refractivity contribution is -0.138. The molecule has 1 saturated heterocycles. The van der Waals surface area contributed by atoms with E-state index in [2.05, 4.69) is 15.6 Å². The van der Waals surface area contributed by atoms with Gasteiger partial charge in [-0.1, -0.05) is 48.0 Å². The third kappa shape index (κ3) is 6.81. The Labute approximate surface area is 207 Å². The molecule has 1 aliphatic rings. The molecular weight excluding hydrogens is 477 g/mol. The topological polar surface area (TPSA) is 57.3 Å². The van der Waals surface area contributed by atoms with E-state index in [0.29, 0.717) is 31.1 Å². The van der Waals surface area contributed by atoms with Crippen molar-refractivity contribution in [3.63, 3.8) is 0 Å². The van der Waals surface area contributed by atoms with Crippen LogP contribution in [0.2, 0.25) is 5.02 Å². The smallest absolute Gasteiger partial charge is 0.351 e. The van der Waals surface area contributed by atoms with Crippen molar-refractivity contribution in [2.45, 2.75) is 44.3 Å². The van der Waals surface area contributed by atoms with Gasteiger partial charge in [-0.25, -0.2) is 0 Å². The first-order chi connectivity index (χ1) is 16.8. The summed E-state index contributed by atoms with van der Waals surface area (Å²) >= 11 is 6.14. The van der Waals surface area contributed by atoms with Gasteiger partial charge in [0.15, 0.2) is 0 Å². The van der Waals surface area contributed by atoms with E-state index in [4.69, 9.17) is 11.6 Å². The number of halogens is 4. The lowest BCUT2D eigenvalue weighted by Gasteiger charge is -2.23. The summed E-state index contributed by atoms with van der Waals surface area (Å²) in [6.45, 7) is 1.44. The van der Waals surface area contributed by atoms with Crippen LogP contribution in [0.5, 0.6) is 0 Å². The molecule has 1 amide bonds. The molecule has 0 radical (unpaired) electrons. The first kappa shape index (κ1) is 25.2. The van der Waals surface area contributed by atoms with Gasteiger partial charge in [-0.15, -0.1) is 0 Å². The molecule has 2 heterocycles. The van der Waals surface area contributed by atoms with E-state index < -0.39 is 17.8 Å². The van der Waals surface area contributed by atoms with E-state index in [0.717, 1.165) is 17.2 Å². The predicted octanol–water partition coefficient (Wildman–Crippen LogP) is 4.80. The molecule has 9 heteroatoms. The van der Waals surface area contributed by atoms with Crippen molar-refractivity contribution < 1.29 is 18.0 Å². The Morgan fingerprint density at radius 1 is 1.06 bits per heavy atom. The van der Waals surface area contributed by atoms with Crippen LogP contribution in [0.4, 0.5) is 13.2 Å². The molecule has 3 aromatic rings. The summed E-state index contributed by atoms with van der Waals surface area (Å²) in [5, 5.41) is 6.82. The Morgan fingerprint density at radius 3 is 2.60 bits per heavy atom. The molecule has 1 aromatic heterocycles. The number of hydrogen-bond donors (Lipinski definition) is 2. The Balaban J connectivity index is 1.45. The molecular formula is C26H26ClF3N4O. The zero-order valence-corrected chi connectivity index (χ0v) is 19.7. The van der Waals surface area contributed by atoms with Crippen LogP contribution in [-0.4, -0.2) is 34.4 Å². The Morgan fingerprint density at radius 2 is 1.86 bits per heavy atom. The zero-order valence-electron chi connectivity index (χ0n) is 18.9. The maximum atomic E-state index is 13.4. The van der Waals surface area contributed by atoms with Gasteiger partial charge in [-0.2, -0.15) is 13.2 Å². The van der Waals surface area contributed by atoms with Gasteiger partial charge in [-0.05, 0) is 47.4 Å². The molecule has 2 atom stereocenters. The summed E-state index contributed by atoms with van der Waals surface area (Å²) in [6.07, 6.45) is -0.571.